The van der Waals surface area contributed by atoms with E-state index in [1.807, 2.05) is 25.7 Å². The Morgan fingerprint density at radius 2 is 2.03 bits per heavy atom. The molecule has 2 rings (SSSR count). The zero-order valence-corrected chi connectivity index (χ0v) is 19.6. The molecule has 8 heteroatoms. The highest BCUT2D eigenvalue weighted by molar-refractivity contribution is 7.11. The molecule has 0 aromatic carbocycles. The number of amides is 1. The number of nitrogens with zero attached hydrogens (tertiary/aromatic N) is 3. The molecule has 0 radical (unpaired) electrons. The Kier molecular flexibility index (Phi) is 8.74. The number of aromatic nitrogens is 1. The molecule has 1 saturated heterocycles. The van der Waals surface area contributed by atoms with E-state index in [2.05, 4.69) is 34.5 Å². The number of guanidine groups is 1. The second-order valence-corrected chi connectivity index (χ2v) is 9.94. The summed E-state index contributed by atoms with van der Waals surface area (Å²) < 4.78 is 5.51. The molecule has 2 heterocycles. The molecule has 1 atom stereocenters. The van der Waals surface area contributed by atoms with E-state index in [1.165, 1.54) is 4.88 Å². The summed E-state index contributed by atoms with van der Waals surface area (Å²) in [6.45, 7) is 13.1. The van der Waals surface area contributed by atoms with E-state index in [1.54, 1.807) is 18.4 Å². The number of carbonyl (C=O) groups excluding carboxylic acids is 1. The Balaban J connectivity index is 1.68. The molecule has 29 heavy (non-hydrogen) atoms. The lowest BCUT2D eigenvalue weighted by Crippen LogP contribution is -2.44. The van der Waals surface area contributed by atoms with Crippen LogP contribution in [0, 0.1) is 19.8 Å². The maximum atomic E-state index is 12.3. The molecule has 1 fully saturated rings. The molecular weight excluding hydrogens is 386 g/mol. The Bertz CT molecular complexity index is 676. The number of likely N-dealkylation sites (tertiary alicyclic amines) is 1. The summed E-state index contributed by atoms with van der Waals surface area (Å²) in [6.07, 6.45) is 3.89. The third-order valence-corrected chi connectivity index (χ3v) is 6.08. The molecular formula is C21H37N5O2S. The van der Waals surface area contributed by atoms with E-state index in [4.69, 9.17) is 4.74 Å². The summed E-state index contributed by atoms with van der Waals surface area (Å²) in [5.74, 6) is 1.30. The topological polar surface area (TPSA) is 78.9 Å². The minimum absolute atomic E-state index is 0.194. The van der Waals surface area contributed by atoms with Gasteiger partial charge >= 0.3 is 6.09 Å². The molecule has 0 bridgehead atoms. The van der Waals surface area contributed by atoms with Crippen molar-refractivity contribution in [2.75, 3.05) is 33.2 Å². The number of ether oxygens (including phenoxy) is 1. The summed E-state index contributed by atoms with van der Waals surface area (Å²) in [6, 6.07) is 0. The number of aryl methyl sites for hydroxylation is 2. The van der Waals surface area contributed by atoms with Gasteiger partial charge < -0.3 is 20.3 Å². The number of carbonyl (C=O) groups is 1. The van der Waals surface area contributed by atoms with Gasteiger partial charge in [0.1, 0.15) is 5.60 Å². The fraction of sp³-hybridized carbons (Fsp3) is 0.762. The van der Waals surface area contributed by atoms with Crippen molar-refractivity contribution < 1.29 is 9.53 Å². The summed E-state index contributed by atoms with van der Waals surface area (Å²) in [5, 5.41) is 7.91. The van der Waals surface area contributed by atoms with E-state index >= 15 is 0 Å². The Morgan fingerprint density at radius 1 is 1.31 bits per heavy atom. The Morgan fingerprint density at radius 3 is 2.66 bits per heavy atom. The van der Waals surface area contributed by atoms with Crippen LogP contribution in [0.5, 0.6) is 0 Å². The molecule has 0 aliphatic carbocycles. The van der Waals surface area contributed by atoms with Crippen LogP contribution in [0.3, 0.4) is 0 Å². The maximum Gasteiger partial charge on any atom is 0.410 e. The largest absolute Gasteiger partial charge is 0.444 e. The Hall–Kier alpha value is -1.83. The highest BCUT2D eigenvalue weighted by Gasteiger charge is 2.27. The van der Waals surface area contributed by atoms with Crippen molar-refractivity contribution in [1.29, 1.82) is 0 Å². The molecule has 164 valence electrons. The van der Waals surface area contributed by atoms with Crippen molar-refractivity contribution in [3.63, 3.8) is 0 Å². The van der Waals surface area contributed by atoms with Gasteiger partial charge in [-0.2, -0.15) is 0 Å². The number of hydrogen-bond donors (Lipinski definition) is 2. The van der Waals surface area contributed by atoms with Crippen molar-refractivity contribution >= 4 is 23.4 Å². The van der Waals surface area contributed by atoms with Gasteiger partial charge in [-0.3, -0.25) is 4.99 Å². The van der Waals surface area contributed by atoms with E-state index in [9.17, 15) is 4.79 Å². The molecule has 1 aromatic rings. The first-order valence-corrected chi connectivity index (χ1v) is 11.3. The lowest BCUT2D eigenvalue weighted by Gasteiger charge is -2.34. The van der Waals surface area contributed by atoms with Crippen molar-refractivity contribution in [2.45, 2.75) is 65.9 Å². The van der Waals surface area contributed by atoms with Crippen molar-refractivity contribution in [3.05, 3.63) is 15.6 Å². The molecule has 0 saturated carbocycles. The SMILES string of the molecule is CN=C(NCCc1nc(C)c(C)s1)NCCC1CCCN(C(=O)OC(C)(C)C)C1. The van der Waals surface area contributed by atoms with Gasteiger partial charge in [-0.05, 0) is 59.8 Å². The van der Waals surface area contributed by atoms with Crippen molar-refractivity contribution in [2.24, 2.45) is 10.9 Å². The summed E-state index contributed by atoms with van der Waals surface area (Å²) in [4.78, 5) is 24.3. The van der Waals surface area contributed by atoms with Gasteiger partial charge in [0.05, 0.1) is 10.7 Å². The highest BCUT2D eigenvalue weighted by Crippen LogP contribution is 2.21. The van der Waals surface area contributed by atoms with Gasteiger partial charge in [-0.15, -0.1) is 11.3 Å². The lowest BCUT2D eigenvalue weighted by molar-refractivity contribution is 0.0162. The zero-order valence-electron chi connectivity index (χ0n) is 18.8. The van der Waals surface area contributed by atoms with Gasteiger partial charge in [-0.1, -0.05) is 0 Å². The molecule has 0 spiro atoms. The minimum Gasteiger partial charge on any atom is -0.444 e. The second-order valence-electron chi connectivity index (χ2n) is 8.65. The third kappa shape index (κ3) is 8.20. The molecule has 1 unspecified atom stereocenters. The van der Waals surface area contributed by atoms with Gasteiger partial charge in [0.25, 0.3) is 0 Å². The predicted molar refractivity (Wildman–Crippen MR) is 120 cm³/mol. The van der Waals surface area contributed by atoms with Crippen LogP contribution in [-0.4, -0.2) is 60.8 Å². The molecule has 1 amide bonds. The van der Waals surface area contributed by atoms with Gasteiger partial charge in [0, 0.05) is 44.5 Å². The average molecular weight is 424 g/mol. The van der Waals surface area contributed by atoms with Crippen LogP contribution in [0.25, 0.3) is 0 Å². The Labute approximate surface area is 179 Å². The van der Waals surface area contributed by atoms with Crippen LogP contribution in [0.2, 0.25) is 0 Å². The summed E-state index contributed by atoms with van der Waals surface area (Å²) in [7, 11) is 1.79. The fourth-order valence-corrected chi connectivity index (χ4v) is 4.28. The fourth-order valence-electron chi connectivity index (χ4n) is 3.34. The highest BCUT2D eigenvalue weighted by atomic mass is 32.1. The molecule has 7 nitrogen and oxygen atoms in total. The number of nitrogens with one attached hydrogen (secondary N) is 2. The zero-order chi connectivity index (χ0) is 21.4. The number of rotatable bonds is 6. The normalized spacial score (nSPS) is 17.9. The summed E-state index contributed by atoms with van der Waals surface area (Å²) >= 11 is 1.76. The summed E-state index contributed by atoms with van der Waals surface area (Å²) in [5.41, 5.74) is 0.681. The molecule has 1 aliphatic heterocycles. The van der Waals surface area contributed by atoms with Crippen LogP contribution in [0.4, 0.5) is 4.79 Å². The maximum absolute atomic E-state index is 12.3. The second kappa shape index (κ2) is 10.8. The third-order valence-electron chi connectivity index (χ3n) is 4.94. The monoisotopic (exact) mass is 423 g/mol. The van der Waals surface area contributed by atoms with Crippen molar-refractivity contribution in [3.8, 4) is 0 Å². The van der Waals surface area contributed by atoms with Crippen LogP contribution in [-0.2, 0) is 11.2 Å². The molecule has 1 aromatic heterocycles. The van der Waals surface area contributed by atoms with Crippen molar-refractivity contribution in [1.82, 2.24) is 20.5 Å². The van der Waals surface area contributed by atoms with E-state index in [0.29, 0.717) is 5.92 Å². The standard InChI is InChI=1S/C21H37N5O2S/c1-15-16(2)29-18(25-15)10-12-24-19(22-6)23-11-9-17-8-7-13-26(14-17)20(27)28-21(3,4)5/h17H,7-14H2,1-6H3,(H2,22,23,24). The first-order chi connectivity index (χ1) is 13.7. The first kappa shape index (κ1) is 23.4. The van der Waals surface area contributed by atoms with Gasteiger partial charge in [0.15, 0.2) is 5.96 Å². The first-order valence-electron chi connectivity index (χ1n) is 10.5. The van der Waals surface area contributed by atoms with E-state index in [-0.39, 0.29) is 6.09 Å². The van der Waals surface area contributed by atoms with Crippen LogP contribution in [0.1, 0.15) is 55.6 Å². The molecule has 2 N–H and O–H groups in total. The quantitative estimate of drug-likeness (QED) is 0.541. The van der Waals surface area contributed by atoms with Crippen LogP contribution < -0.4 is 10.6 Å². The minimum atomic E-state index is -0.445. The smallest absolute Gasteiger partial charge is 0.410 e. The molecule has 1 aliphatic rings. The van der Waals surface area contributed by atoms with Gasteiger partial charge in [-0.25, -0.2) is 9.78 Å². The van der Waals surface area contributed by atoms with E-state index < -0.39 is 5.60 Å². The van der Waals surface area contributed by atoms with E-state index in [0.717, 1.165) is 68.5 Å². The number of thiazole rings is 1. The van der Waals surface area contributed by atoms with Gasteiger partial charge in [0.2, 0.25) is 0 Å². The van der Waals surface area contributed by atoms with Crippen LogP contribution >= 0.6 is 11.3 Å². The number of aliphatic imine (C=N–C) groups is 1. The predicted octanol–water partition coefficient (Wildman–Crippen LogP) is 3.50. The number of hydrogen-bond acceptors (Lipinski definition) is 5. The van der Waals surface area contributed by atoms with Crippen LogP contribution in [0.15, 0.2) is 4.99 Å². The lowest BCUT2D eigenvalue weighted by atomic mass is 9.95. The number of piperidine rings is 1. The average Bonchev–Trinajstić information content (AvgIpc) is 2.97.